The maximum atomic E-state index is 12.9. The molecule has 0 aliphatic rings. The Hall–Kier alpha value is -4.72. The van der Waals surface area contributed by atoms with E-state index in [1.54, 1.807) is 30.0 Å². The number of carbonyl (C=O) groups excluding carboxylic acids is 1. The van der Waals surface area contributed by atoms with Gasteiger partial charge >= 0.3 is 5.97 Å². The molecule has 5 rings (SSSR count). The van der Waals surface area contributed by atoms with Gasteiger partial charge in [0.2, 0.25) is 0 Å². The zero-order valence-corrected chi connectivity index (χ0v) is 19.2. The summed E-state index contributed by atoms with van der Waals surface area (Å²) in [7, 11) is 1.61. The normalized spacial score (nSPS) is 10.9. The van der Waals surface area contributed by atoms with Gasteiger partial charge in [-0.2, -0.15) is 10.2 Å². The lowest BCUT2D eigenvalue weighted by Crippen LogP contribution is -2.12. The number of carbonyl (C=O) groups is 1. The first-order valence-corrected chi connectivity index (χ1v) is 11.0. The number of esters is 1. The summed E-state index contributed by atoms with van der Waals surface area (Å²) in [6, 6.07) is 22.0. The van der Waals surface area contributed by atoms with Crippen LogP contribution in [0.15, 0.2) is 83.8 Å². The summed E-state index contributed by atoms with van der Waals surface area (Å²) in [6.07, 6.45) is 1.97. The summed E-state index contributed by atoms with van der Waals surface area (Å²) in [5.74, 6) is 0.660. The zero-order valence-electron chi connectivity index (χ0n) is 19.2. The van der Waals surface area contributed by atoms with Crippen LogP contribution in [-0.4, -0.2) is 33.1 Å². The van der Waals surface area contributed by atoms with Crippen molar-refractivity contribution in [2.45, 2.75) is 13.3 Å². The number of nitrogens with one attached hydrogen (secondary N) is 1. The maximum Gasteiger partial charge on any atom is 0.347 e. The molecule has 0 atom stereocenters. The standard InChI is InChI=1S/C27H22N4O4/c1-17-24(16-28-31(17)19-10-12-20(34-2)13-11-19)27(33)35-21-7-5-6-18(14-21)15-25-22-8-3-4-9-23(22)26(32)30-29-25/h3-14,16H,15H2,1-2H3,(H,30,32). The molecule has 0 aliphatic heterocycles. The van der Waals surface area contributed by atoms with E-state index < -0.39 is 5.97 Å². The van der Waals surface area contributed by atoms with Crippen LogP contribution in [0, 0.1) is 6.92 Å². The third kappa shape index (κ3) is 4.41. The largest absolute Gasteiger partial charge is 0.497 e. The van der Waals surface area contributed by atoms with Crippen LogP contribution in [0.1, 0.15) is 27.3 Å². The molecule has 8 heteroatoms. The van der Waals surface area contributed by atoms with Crippen molar-refractivity contribution in [2.24, 2.45) is 0 Å². The van der Waals surface area contributed by atoms with Crippen LogP contribution in [-0.2, 0) is 6.42 Å². The fourth-order valence-electron chi connectivity index (χ4n) is 3.97. The summed E-state index contributed by atoms with van der Waals surface area (Å²) in [5, 5.41) is 12.5. The van der Waals surface area contributed by atoms with E-state index in [9.17, 15) is 9.59 Å². The minimum absolute atomic E-state index is 0.224. The molecule has 35 heavy (non-hydrogen) atoms. The zero-order chi connectivity index (χ0) is 24.4. The summed E-state index contributed by atoms with van der Waals surface area (Å²) < 4.78 is 12.5. The van der Waals surface area contributed by atoms with E-state index in [1.807, 2.05) is 61.5 Å². The second kappa shape index (κ2) is 9.26. The predicted octanol–water partition coefficient (Wildman–Crippen LogP) is 4.24. The van der Waals surface area contributed by atoms with Crippen molar-refractivity contribution < 1.29 is 14.3 Å². The molecule has 2 aromatic heterocycles. The molecule has 0 spiro atoms. The minimum Gasteiger partial charge on any atom is -0.497 e. The van der Waals surface area contributed by atoms with Gasteiger partial charge in [0.1, 0.15) is 17.1 Å². The molecule has 8 nitrogen and oxygen atoms in total. The van der Waals surface area contributed by atoms with Gasteiger partial charge < -0.3 is 9.47 Å². The SMILES string of the molecule is COc1ccc(-n2ncc(C(=O)Oc3cccc(Cc4n[nH]c(=O)c5ccccc45)c3)c2C)cc1. The van der Waals surface area contributed by atoms with Crippen molar-refractivity contribution in [1.29, 1.82) is 0 Å². The Balaban J connectivity index is 1.36. The number of rotatable bonds is 6. The number of benzene rings is 3. The van der Waals surface area contributed by atoms with Crippen molar-refractivity contribution in [2.75, 3.05) is 7.11 Å². The highest BCUT2D eigenvalue weighted by Crippen LogP contribution is 2.22. The van der Waals surface area contributed by atoms with Gasteiger partial charge in [0, 0.05) is 11.8 Å². The molecule has 0 amide bonds. The lowest BCUT2D eigenvalue weighted by atomic mass is 10.0. The fourth-order valence-corrected chi connectivity index (χ4v) is 3.97. The van der Waals surface area contributed by atoms with Crippen LogP contribution in [0.4, 0.5) is 0 Å². The number of nitrogens with zero attached hydrogens (tertiary/aromatic N) is 3. The smallest absolute Gasteiger partial charge is 0.347 e. The predicted molar refractivity (Wildman–Crippen MR) is 131 cm³/mol. The monoisotopic (exact) mass is 466 g/mol. The Morgan fingerprint density at radius 2 is 1.74 bits per heavy atom. The van der Waals surface area contributed by atoms with Gasteiger partial charge in [-0.3, -0.25) is 4.79 Å². The van der Waals surface area contributed by atoms with Crippen molar-refractivity contribution in [1.82, 2.24) is 20.0 Å². The highest BCUT2D eigenvalue weighted by Gasteiger charge is 2.18. The summed E-state index contributed by atoms with van der Waals surface area (Å²) in [6.45, 7) is 1.82. The number of aromatic amines is 1. The molecule has 3 aromatic carbocycles. The first kappa shape index (κ1) is 22.1. The molecule has 0 saturated heterocycles. The maximum absolute atomic E-state index is 12.9. The number of hydrogen-bond donors (Lipinski definition) is 1. The second-order valence-electron chi connectivity index (χ2n) is 8.01. The van der Waals surface area contributed by atoms with Crippen LogP contribution >= 0.6 is 0 Å². The summed E-state index contributed by atoms with van der Waals surface area (Å²) in [5.41, 5.74) is 3.26. The quantitative estimate of drug-likeness (QED) is 0.297. The van der Waals surface area contributed by atoms with Crippen LogP contribution in [0.25, 0.3) is 16.5 Å². The molecule has 1 N–H and O–H groups in total. The number of hydrogen-bond acceptors (Lipinski definition) is 6. The number of fused-ring (bicyclic) bond motifs is 1. The fraction of sp³-hybridized carbons (Fsp3) is 0.111. The Labute approximate surface area is 200 Å². The van der Waals surface area contributed by atoms with Gasteiger partial charge in [-0.15, -0.1) is 0 Å². The van der Waals surface area contributed by atoms with Crippen LogP contribution in [0.5, 0.6) is 11.5 Å². The van der Waals surface area contributed by atoms with Gasteiger partial charge in [0.05, 0.1) is 35.8 Å². The van der Waals surface area contributed by atoms with E-state index in [2.05, 4.69) is 15.3 Å². The Morgan fingerprint density at radius 1 is 0.971 bits per heavy atom. The second-order valence-corrected chi connectivity index (χ2v) is 8.01. The Morgan fingerprint density at radius 3 is 2.51 bits per heavy atom. The highest BCUT2D eigenvalue weighted by molar-refractivity contribution is 5.92. The molecule has 174 valence electrons. The topological polar surface area (TPSA) is 99.1 Å². The van der Waals surface area contributed by atoms with E-state index in [4.69, 9.17) is 9.47 Å². The number of ether oxygens (including phenoxy) is 2. The first-order valence-electron chi connectivity index (χ1n) is 11.0. The molecule has 0 radical (unpaired) electrons. The van der Waals surface area contributed by atoms with Crippen molar-refractivity contribution in [3.05, 3.63) is 112 Å². The van der Waals surface area contributed by atoms with E-state index in [1.165, 1.54) is 6.20 Å². The van der Waals surface area contributed by atoms with E-state index in [0.29, 0.717) is 28.8 Å². The third-order valence-electron chi connectivity index (χ3n) is 5.80. The summed E-state index contributed by atoms with van der Waals surface area (Å²) in [4.78, 5) is 25.0. The minimum atomic E-state index is -0.493. The third-order valence-corrected chi connectivity index (χ3v) is 5.80. The molecule has 0 fully saturated rings. The highest BCUT2D eigenvalue weighted by atomic mass is 16.5. The first-order chi connectivity index (χ1) is 17.0. The van der Waals surface area contributed by atoms with Gasteiger partial charge in [0.15, 0.2) is 0 Å². The number of aromatic nitrogens is 4. The molecule has 0 bridgehead atoms. The average Bonchev–Trinajstić information content (AvgIpc) is 3.27. The number of H-pyrrole nitrogens is 1. The molecule has 5 aromatic rings. The van der Waals surface area contributed by atoms with Gasteiger partial charge in [0.25, 0.3) is 5.56 Å². The van der Waals surface area contributed by atoms with Crippen LogP contribution in [0.3, 0.4) is 0 Å². The molecule has 2 heterocycles. The van der Waals surface area contributed by atoms with Gasteiger partial charge in [-0.05, 0) is 55.0 Å². The molecular formula is C27H22N4O4. The van der Waals surface area contributed by atoms with E-state index >= 15 is 0 Å². The Kier molecular flexibility index (Phi) is 5.85. The average molecular weight is 466 g/mol. The lowest BCUT2D eigenvalue weighted by molar-refractivity contribution is 0.0734. The molecular weight excluding hydrogens is 444 g/mol. The molecule has 0 aliphatic carbocycles. The molecule has 0 unspecified atom stereocenters. The van der Waals surface area contributed by atoms with E-state index in [0.717, 1.165) is 28.1 Å². The van der Waals surface area contributed by atoms with E-state index in [-0.39, 0.29) is 5.56 Å². The number of methoxy groups -OCH3 is 1. The van der Waals surface area contributed by atoms with Crippen LogP contribution < -0.4 is 15.0 Å². The van der Waals surface area contributed by atoms with Crippen molar-refractivity contribution in [3.8, 4) is 17.2 Å². The van der Waals surface area contributed by atoms with Crippen molar-refractivity contribution in [3.63, 3.8) is 0 Å². The lowest BCUT2D eigenvalue weighted by Gasteiger charge is -2.09. The van der Waals surface area contributed by atoms with Crippen molar-refractivity contribution >= 4 is 16.7 Å². The molecule has 0 saturated carbocycles. The summed E-state index contributed by atoms with van der Waals surface area (Å²) >= 11 is 0. The Bertz CT molecular complexity index is 1590. The van der Waals surface area contributed by atoms with Gasteiger partial charge in [-0.1, -0.05) is 30.3 Å². The van der Waals surface area contributed by atoms with Gasteiger partial charge in [-0.25, -0.2) is 14.6 Å². The van der Waals surface area contributed by atoms with Crippen LogP contribution in [0.2, 0.25) is 0 Å².